The molecule has 3 heteroatoms. The average molecular weight is 169 g/mol. The Bertz CT molecular complexity index is 183. The molecule has 0 aromatic heterocycles. The lowest BCUT2D eigenvalue weighted by atomic mass is 9.91. The highest BCUT2D eigenvalue weighted by atomic mass is 16.4. The SMILES string of the molecule is C=C(CC(=O)O)C1CCCNC1. The predicted octanol–water partition coefficient (Wildman–Crippen LogP) is 1.02. The Morgan fingerprint density at radius 3 is 2.92 bits per heavy atom. The van der Waals surface area contributed by atoms with Crippen molar-refractivity contribution >= 4 is 5.97 Å². The highest BCUT2D eigenvalue weighted by molar-refractivity contribution is 5.69. The van der Waals surface area contributed by atoms with Crippen LogP contribution in [0.3, 0.4) is 0 Å². The van der Waals surface area contributed by atoms with Crippen LogP contribution in [0, 0.1) is 5.92 Å². The quantitative estimate of drug-likeness (QED) is 0.620. The lowest BCUT2D eigenvalue weighted by Crippen LogP contribution is -2.31. The van der Waals surface area contributed by atoms with Crippen LogP contribution in [-0.4, -0.2) is 24.2 Å². The lowest BCUT2D eigenvalue weighted by Gasteiger charge is -2.23. The van der Waals surface area contributed by atoms with Crippen LogP contribution in [0.15, 0.2) is 12.2 Å². The highest BCUT2D eigenvalue weighted by Gasteiger charge is 2.17. The molecule has 1 unspecified atom stereocenters. The number of nitrogens with one attached hydrogen (secondary N) is 1. The van der Waals surface area contributed by atoms with Gasteiger partial charge in [-0.2, -0.15) is 0 Å². The Morgan fingerprint density at radius 2 is 2.42 bits per heavy atom. The summed E-state index contributed by atoms with van der Waals surface area (Å²) in [7, 11) is 0. The van der Waals surface area contributed by atoms with Crippen molar-refractivity contribution in [3.8, 4) is 0 Å². The fraction of sp³-hybridized carbons (Fsp3) is 0.667. The fourth-order valence-electron chi connectivity index (χ4n) is 1.54. The number of carbonyl (C=O) groups is 1. The van der Waals surface area contributed by atoms with Crippen molar-refractivity contribution in [1.82, 2.24) is 5.32 Å². The first-order chi connectivity index (χ1) is 5.70. The number of hydrogen-bond donors (Lipinski definition) is 2. The third-order valence-corrected chi connectivity index (χ3v) is 2.25. The molecule has 3 nitrogen and oxygen atoms in total. The van der Waals surface area contributed by atoms with Crippen LogP contribution in [0.4, 0.5) is 0 Å². The molecule has 2 N–H and O–H groups in total. The summed E-state index contributed by atoms with van der Waals surface area (Å²) in [5, 5.41) is 11.8. The molecule has 0 aliphatic carbocycles. The monoisotopic (exact) mass is 169 g/mol. The summed E-state index contributed by atoms with van der Waals surface area (Å²) in [6, 6.07) is 0. The van der Waals surface area contributed by atoms with Gasteiger partial charge in [0.2, 0.25) is 0 Å². The second kappa shape index (κ2) is 4.26. The number of piperidine rings is 1. The molecule has 1 atom stereocenters. The molecule has 1 fully saturated rings. The Labute approximate surface area is 72.5 Å². The molecule has 1 heterocycles. The minimum atomic E-state index is -0.773. The first-order valence-electron chi connectivity index (χ1n) is 4.30. The van der Waals surface area contributed by atoms with E-state index in [4.69, 9.17) is 5.11 Å². The van der Waals surface area contributed by atoms with Gasteiger partial charge in [-0.1, -0.05) is 12.2 Å². The summed E-state index contributed by atoms with van der Waals surface area (Å²) < 4.78 is 0. The Morgan fingerprint density at radius 1 is 1.67 bits per heavy atom. The summed E-state index contributed by atoms with van der Waals surface area (Å²) in [4.78, 5) is 10.4. The zero-order valence-electron chi connectivity index (χ0n) is 7.18. The molecule has 0 bridgehead atoms. The smallest absolute Gasteiger partial charge is 0.307 e. The lowest BCUT2D eigenvalue weighted by molar-refractivity contribution is -0.136. The molecular formula is C9H15NO2. The summed E-state index contributed by atoms with van der Waals surface area (Å²) in [6.45, 7) is 5.75. The van der Waals surface area contributed by atoms with Gasteiger partial charge in [-0.05, 0) is 25.3 Å². The van der Waals surface area contributed by atoms with Crippen LogP contribution >= 0.6 is 0 Å². The van der Waals surface area contributed by atoms with Crippen molar-refractivity contribution in [1.29, 1.82) is 0 Å². The van der Waals surface area contributed by atoms with Gasteiger partial charge in [-0.25, -0.2) is 0 Å². The third-order valence-electron chi connectivity index (χ3n) is 2.25. The van der Waals surface area contributed by atoms with Gasteiger partial charge in [0.25, 0.3) is 0 Å². The van der Waals surface area contributed by atoms with Gasteiger partial charge >= 0.3 is 5.97 Å². The van der Waals surface area contributed by atoms with E-state index < -0.39 is 5.97 Å². The van der Waals surface area contributed by atoms with Crippen molar-refractivity contribution in [3.05, 3.63) is 12.2 Å². The maximum absolute atomic E-state index is 10.4. The van der Waals surface area contributed by atoms with Crippen molar-refractivity contribution in [2.75, 3.05) is 13.1 Å². The molecule has 0 saturated carbocycles. The van der Waals surface area contributed by atoms with E-state index in [0.717, 1.165) is 31.5 Å². The molecule has 68 valence electrons. The number of carboxylic acid groups (broad SMARTS) is 1. The van der Waals surface area contributed by atoms with E-state index in [1.165, 1.54) is 0 Å². The maximum Gasteiger partial charge on any atom is 0.307 e. The Balaban J connectivity index is 2.34. The molecule has 1 aliphatic rings. The molecule has 0 aromatic rings. The largest absolute Gasteiger partial charge is 0.481 e. The number of hydrogen-bond acceptors (Lipinski definition) is 2. The molecule has 0 radical (unpaired) electrons. The van der Waals surface area contributed by atoms with Crippen LogP contribution in [0.1, 0.15) is 19.3 Å². The number of rotatable bonds is 3. The van der Waals surface area contributed by atoms with Gasteiger partial charge in [-0.15, -0.1) is 0 Å². The summed E-state index contributed by atoms with van der Waals surface area (Å²) in [6.07, 6.45) is 2.33. The average Bonchev–Trinajstić information content (AvgIpc) is 2.05. The summed E-state index contributed by atoms with van der Waals surface area (Å²) in [5.41, 5.74) is 0.856. The Hall–Kier alpha value is -0.830. The van der Waals surface area contributed by atoms with Gasteiger partial charge < -0.3 is 10.4 Å². The standard InChI is InChI=1S/C9H15NO2/c1-7(5-9(11)12)8-3-2-4-10-6-8/h8,10H,1-6H2,(H,11,12). The van der Waals surface area contributed by atoms with E-state index in [0.29, 0.717) is 5.92 Å². The second-order valence-electron chi connectivity index (χ2n) is 3.27. The van der Waals surface area contributed by atoms with E-state index in [1.54, 1.807) is 0 Å². The minimum absolute atomic E-state index is 0.117. The van der Waals surface area contributed by atoms with E-state index in [-0.39, 0.29) is 6.42 Å². The molecule has 0 aromatic carbocycles. The fourth-order valence-corrected chi connectivity index (χ4v) is 1.54. The predicted molar refractivity (Wildman–Crippen MR) is 47.0 cm³/mol. The first-order valence-corrected chi connectivity index (χ1v) is 4.30. The van der Waals surface area contributed by atoms with Gasteiger partial charge in [-0.3, -0.25) is 4.79 Å². The number of aliphatic carboxylic acids is 1. The van der Waals surface area contributed by atoms with Crippen molar-refractivity contribution < 1.29 is 9.90 Å². The van der Waals surface area contributed by atoms with Crippen molar-refractivity contribution in [2.24, 2.45) is 5.92 Å². The molecule has 0 amide bonds. The van der Waals surface area contributed by atoms with E-state index in [1.807, 2.05) is 0 Å². The van der Waals surface area contributed by atoms with Gasteiger partial charge in [0.05, 0.1) is 6.42 Å². The molecule has 1 rings (SSSR count). The first kappa shape index (κ1) is 9.26. The number of carboxylic acids is 1. The topological polar surface area (TPSA) is 49.3 Å². The minimum Gasteiger partial charge on any atom is -0.481 e. The van der Waals surface area contributed by atoms with Crippen LogP contribution in [0.5, 0.6) is 0 Å². The molecule has 1 saturated heterocycles. The molecular weight excluding hydrogens is 154 g/mol. The second-order valence-corrected chi connectivity index (χ2v) is 3.27. The third kappa shape index (κ3) is 2.66. The van der Waals surface area contributed by atoms with Crippen molar-refractivity contribution in [3.63, 3.8) is 0 Å². The van der Waals surface area contributed by atoms with Crippen LogP contribution in [0.2, 0.25) is 0 Å². The molecule has 12 heavy (non-hydrogen) atoms. The van der Waals surface area contributed by atoms with Gasteiger partial charge in [0.1, 0.15) is 0 Å². The highest BCUT2D eigenvalue weighted by Crippen LogP contribution is 2.20. The Kier molecular flexibility index (Phi) is 3.29. The van der Waals surface area contributed by atoms with Gasteiger partial charge in [0, 0.05) is 6.54 Å². The maximum atomic E-state index is 10.4. The van der Waals surface area contributed by atoms with E-state index >= 15 is 0 Å². The molecule has 0 spiro atoms. The van der Waals surface area contributed by atoms with Crippen LogP contribution in [0.25, 0.3) is 0 Å². The van der Waals surface area contributed by atoms with Crippen LogP contribution in [-0.2, 0) is 4.79 Å². The van der Waals surface area contributed by atoms with Crippen molar-refractivity contribution in [2.45, 2.75) is 19.3 Å². The van der Waals surface area contributed by atoms with E-state index in [9.17, 15) is 4.79 Å². The zero-order chi connectivity index (χ0) is 8.97. The summed E-state index contributed by atoms with van der Waals surface area (Å²) >= 11 is 0. The zero-order valence-corrected chi connectivity index (χ0v) is 7.18. The molecule has 1 aliphatic heterocycles. The summed E-state index contributed by atoms with van der Waals surface area (Å²) in [5.74, 6) is -0.402. The van der Waals surface area contributed by atoms with E-state index in [2.05, 4.69) is 11.9 Å². The normalized spacial score (nSPS) is 23.5. The van der Waals surface area contributed by atoms with Crippen LogP contribution < -0.4 is 5.32 Å². The van der Waals surface area contributed by atoms with Gasteiger partial charge in [0.15, 0.2) is 0 Å².